The van der Waals surface area contributed by atoms with Crippen molar-refractivity contribution in [3.05, 3.63) is 12.3 Å². The van der Waals surface area contributed by atoms with Gasteiger partial charge in [-0.1, -0.05) is 26.8 Å². The van der Waals surface area contributed by atoms with Gasteiger partial charge in [0.1, 0.15) is 0 Å². The molecule has 1 aliphatic heterocycles. The Morgan fingerprint density at radius 1 is 1.50 bits per heavy atom. The van der Waals surface area contributed by atoms with Gasteiger partial charge in [-0.2, -0.15) is 5.26 Å². The van der Waals surface area contributed by atoms with Crippen LogP contribution in [0.5, 0.6) is 0 Å². The molecule has 1 saturated carbocycles. The topological polar surface area (TPSA) is 27.0 Å². The van der Waals surface area contributed by atoms with E-state index in [0.29, 0.717) is 0 Å². The highest BCUT2D eigenvalue weighted by atomic mass is 15.2. The second-order valence-corrected chi connectivity index (χ2v) is 5.54. The second-order valence-electron chi connectivity index (χ2n) is 5.54. The minimum absolute atomic E-state index is 0.206. The Balaban J connectivity index is 2.05. The predicted molar refractivity (Wildman–Crippen MR) is 65.6 cm³/mol. The molecule has 0 bridgehead atoms. The molecule has 0 aromatic heterocycles. The molecule has 2 aliphatic rings. The zero-order valence-corrected chi connectivity index (χ0v) is 10.5. The first-order valence-electron chi connectivity index (χ1n) is 6.48. The predicted octanol–water partition coefficient (Wildman–Crippen LogP) is 3.17. The van der Waals surface area contributed by atoms with Gasteiger partial charge < -0.3 is 4.90 Å². The highest BCUT2D eigenvalue weighted by Crippen LogP contribution is 2.48. The maximum absolute atomic E-state index is 9.32. The standard InChI is InChI=1S/C14H22N2/c1-4-13-9-16(8-11(13)2)12(3)14(10-15)6-5-7-14/h11,13H,3-9H2,1-2H3. The van der Waals surface area contributed by atoms with Crippen molar-refractivity contribution in [3.8, 4) is 6.07 Å². The molecule has 2 heteroatoms. The third kappa shape index (κ3) is 1.63. The van der Waals surface area contributed by atoms with Crippen LogP contribution in [0.15, 0.2) is 12.3 Å². The fourth-order valence-electron chi connectivity index (χ4n) is 3.08. The summed E-state index contributed by atoms with van der Waals surface area (Å²) in [5, 5.41) is 9.32. The molecular formula is C14H22N2. The first-order chi connectivity index (χ1) is 7.63. The lowest BCUT2D eigenvalue weighted by Crippen LogP contribution is -2.37. The lowest BCUT2D eigenvalue weighted by atomic mass is 9.67. The Morgan fingerprint density at radius 3 is 2.56 bits per heavy atom. The largest absolute Gasteiger partial charge is 0.373 e. The van der Waals surface area contributed by atoms with Gasteiger partial charge in [0.2, 0.25) is 0 Å². The first-order valence-corrected chi connectivity index (χ1v) is 6.48. The Morgan fingerprint density at radius 2 is 2.19 bits per heavy atom. The number of nitrogens with zero attached hydrogens (tertiary/aromatic N) is 2. The number of hydrogen-bond donors (Lipinski definition) is 0. The Hall–Kier alpha value is -0.970. The van der Waals surface area contributed by atoms with E-state index in [1.54, 1.807) is 0 Å². The molecule has 1 heterocycles. The van der Waals surface area contributed by atoms with Crippen molar-refractivity contribution in [2.75, 3.05) is 13.1 Å². The maximum atomic E-state index is 9.32. The molecular weight excluding hydrogens is 196 g/mol. The summed E-state index contributed by atoms with van der Waals surface area (Å²) in [6, 6.07) is 2.50. The molecule has 0 radical (unpaired) electrons. The summed E-state index contributed by atoms with van der Waals surface area (Å²) in [5.74, 6) is 1.53. The Bertz CT molecular complexity index is 322. The SMILES string of the molecule is C=C(N1CC(C)C(CC)C1)C1(C#N)CCC1. The van der Waals surface area contributed by atoms with Gasteiger partial charge in [0, 0.05) is 18.8 Å². The lowest BCUT2D eigenvalue weighted by Gasteiger charge is -2.41. The van der Waals surface area contributed by atoms with E-state index in [1.165, 1.54) is 12.8 Å². The van der Waals surface area contributed by atoms with Gasteiger partial charge in [0.15, 0.2) is 0 Å². The minimum atomic E-state index is -0.206. The van der Waals surface area contributed by atoms with E-state index in [1.807, 2.05) is 0 Å². The van der Waals surface area contributed by atoms with Crippen LogP contribution in [0.3, 0.4) is 0 Å². The normalized spacial score (nSPS) is 31.9. The summed E-state index contributed by atoms with van der Waals surface area (Å²) in [7, 11) is 0. The average molecular weight is 218 g/mol. The molecule has 2 atom stereocenters. The van der Waals surface area contributed by atoms with Crippen molar-refractivity contribution < 1.29 is 0 Å². The van der Waals surface area contributed by atoms with E-state index < -0.39 is 0 Å². The zero-order valence-electron chi connectivity index (χ0n) is 10.5. The summed E-state index contributed by atoms with van der Waals surface area (Å²) < 4.78 is 0. The van der Waals surface area contributed by atoms with E-state index in [9.17, 15) is 5.26 Å². The van der Waals surface area contributed by atoms with Crippen LogP contribution in [0, 0.1) is 28.6 Å². The molecule has 0 amide bonds. The van der Waals surface area contributed by atoms with E-state index >= 15 is 0 Å². The van der Waals surface area contributed by atoms with Crippen LogP contribution in [0.25, 0.3) is 0 Å². The minimum Gasteiger partial charge on any atom is -0.373 e. The van der Waals surface area contributed by atoms with Crippen molar-refractivity contribution in [2.45, 2.75) is 39.5 Å². The first kappa shape index (κ1) is 11.5. The number of rotatable bonds is 3. The van der Waals surface area contributed by atoms with Gasteiger partial charge in [-0.15, -0.1) is 0 Å². The molecule has 2 nitrogen and oxygen atoms in total. The van der Waals surface area contributed by atoms with Crippen LogP contribution in [-0.4, -0.2) is 18.0 Å². The van der Waals surface area contributed by atoms with E-state index in [4.69, 9.17) is 0 Å². The molecule has 2 rings (SSSR count). The molecule has 0 spiro atoms. The molecule has 88 valence electrons. The summed E-state index contributed by atoms with van der Waals surface area (Å²) in [6.45, 7) is 11.0. The monoisotopic (exact) mass is 218 g/mol. The third-order valence-corrected chi connectivity index (χ3v) is 4.65. The highest BCUT2D eigenvalue weighted by molar-refractivity contribution is 5.24. The molecule has 16 heavy (non-hydrogen) atoms. The van der Waals surface area contributed by atoms with Crippen molar-refractivity contribution >= 4 is 0 Å². The number of allylic oxidation sites excluding steroid dienone is 1. The van der Waals surface area contributed by atoms with Gasteiger partial charge in [0.05, 0.1) is 11.5 Å². The lowest BCUT2D eigenvalue weighted by molar-refractivity contribution is 0.199. The van der Waals surface area contributed by atoms with Crippen LogP contribution in [-0.2, 0) is 0 Å². The van der Waals surface area contributed by atoms with Gasteiger partial charge in [-0.05, 0) is 31.1 Å². The molecule has 0 N–H and O–H groups in total. The third-order valence-electron chi connectivity index (χ3n) is 4.65. The fraction of sp³-hybridized carbons (Fsp3) is 0.786. The number of likely N-dealkylation sites (tertiary alicyclic amines) is 1. The quantitative estimate of drug-likeness (QED) is 0.727. The fourth-order valence-corrected chi connectivity index (χ4v) is 3.08. The molecule has 2 unspecified atom stereocenters. The van der Waals surface area contributed by atoms with Crippen LogP contribution in [0.2, 0.25) is 0 Å². The zero-order chi connectivity index (χ0) is 11.8. The number of hydrogen-bond acceptors (Lipinski definition) is 2. The molecule has 0 aromatic carbocycles. The summed E-state index contributed by atoms with van der Waals surface area (Å²) in [6.07, 6.45) is 4.46. The van der Waals surface area contributed by atoms with Crippen molar-refractivity contribution in [1.82, 2.24) is 4.90 Å². The summed E-state index contributed by atoms with van der Waals surface area (Å²) in [5.41, 5.74) is 0.895. The van der Waals surface area contributed by atoms with E-state index in [-0.39, 0.29) is 5.41 Å². The van der Waals surface area contributed by atoms with Crippen LogP contribution < -0.4 is 0 Å². The Kier molecular flexibility index (Phi) is 2.97. The Labute approximate surface area is 98.9 Å². The van der Waals surface area contributed by atoms with Gasteiger partial charge >= 0.3 is 0 Å². The van der Waals surface area contributed by atoms with Gasteiger partial charge in [-0.25, -0.2) is 0 Å². The van der Waals surface area contributed by atoms with Crippen LogP contribution in [0.1, 0.15) is 39.5 Å². The smallest absolute Gasteiger partial charge is 0.0963 e. The van der Waals surface area contributed by atoms with E-state index in [2.05, 4.69) is 31.4 Å². The molecule has 0 aromatic rings. The van der Waals surface area contributed by atoms with Crippen molar-refractivity contribution in [3.63, 3.8) is 0 Å². The molecule has 1 aliphatic carbocycles. The second kappa shape index (κ2) is 4.13. The number of nitriles is 1. The van der Waals surface area contributed by atoms with Crippen LogP contribution >= 0.6 is 0 Å². The van der Waals surface area contributed by atoms with Crippen molar-refractivity contribution in [1.29, 1.82) is 5.26 Å². The molecule has 2 fully saturated rings. The van der Waals surface area contributed by atoms with Gasteiger partial charge in [0.25, 0.3) is 0 Å². The highest BCUT2D eigenvalue weighted by Gasteiger charge is 2.44. The average Bonchev–Trinajstić information content (AvgIpc) is 2.58. The van der Waals surface area contributed by atoms with Crippen LogP contribution in [0.4, 0.5) is 0 Å². The summed E-state index contributed by atoms with van der Waals surface area (Å²) >= 11 is 0. The van der Waals surface area contributed by atoms with Gasteiger partial charge in [-0.3, -0.25) is 0 Å². The van der Waals surface area contributed by atoms with Crippen molar-refractivity contribution in [2.24, 2.45) is 17.3 Å². The van der Waals surface area contributed by atoms with E-state index in [0.717, 1.165) is 43.5 Å². The maximum Gasteiger partial charge on any atom is 0.0963 e. The summed E-state index contributed by atoms with van der Waals surface area (Å²) in [4.78, 5) is 2.38. The molecule has 1 saturated heterocycles.